The molecule has 0 heterocycles. The smallest absolute Gasteiger partial charge is 0.308 e. The number of methoxy groups -OCH3 is 1. The maximum atomic E-state index is 11.4. The molecular weight excluding hydrogens is 302 g/mol. The van der Waals surface area contributed by atoms with Crippen molar-refractivity contribution in [1.82, 2.24) is 4.90 Å². The van der Waals surface area contributed by atoms with E-state index in [1.165, 1.54) is 32.8 Å². The first-order valence-corrected chi connectivity index (χ1v) is 6.99. The minimum absolute atomic E-state index is 0.148. The summed E-state index contributed by atoms with van der Waals surface area (Å²) in [6.07, 6.45) is -0.651. The van der Waals surface area contributed by atoms with E-state index in [9.17, 15) is 14.4 Å². The van der Waals surface area contributed by atoms with Crippen LogP contribution in [-0.4, -0.2) is 43.4 Å². The average Bonchev–Trinajstić information content (AvgIpc) is 2.45. The molecule has 0 saturated carbocycles. The number of hydrogen-bond donors (Lipinski definition) is 0. The molecule has 1 atom stereocenters. The molecule has 7 nitrogen and oxygen atoms in total. The summed E-state index contributed by atoms with van der Waals surface area (Å²) in [5.41, 5.74) is 0.626. The number of rotatable bonds is 6. The maximum Gasteiger partial charge on any atom is 0.308 e. The summed E-state index contributed by atoms with van der Waals surface area (Å²) in [6.45, 7) is 4.21. The molecule has 0 N–H and O–H groups in total. The number of hydrogen-bond acceptors (Lipinski definition) is 6. The summed E-state index contributed by atoms with van der Waals surface area (Å²) in [5, 5.41) is 0. The van der Waals surface area contributed by atoms with E-state index in [2.05, 4.69) is 0 Å². The van der Waals surface area contributed by atoms with Gasteiger partial charge < -0.3 is 19.1 Å². The predicted molar refractivity (Wildman–Crippen MR) is 82.1 cm³/mol. The van der Waals surface area contributed by atoms with E-state index < -0.39 is 18.0 Å². The second-order valence-corrected chi connectivity index (χ2v) is 5.00. The molecule has 0 aliphatic heterocycles. The molecule has 0 aromatic heterocycles. The van der Waals surface area contributed by atoms with Crippen LogP contribution in [0.2, 0.25) is 0 Å². The SMILES string of the molecule is COc1cc(C(CN(C)C(C)=O)OC(C)=O)ccc1OC(C)=O. The largest absolute Gasteiger partial charge is 0.493 e. The molecular formula is C16H21NO6. The third-order valence-electron chi connectivity index (χ3n) is 3.10. The van der Waals surface area contributed by atoms with Crippen LogP contribution in [0.25, 0.3) is 0 Å². The van der Waals surface area contributed by atoms with Gasteiger partial charge in [0.25, 0.3) is 0 Å². The van der Waals surface area contributed by atoms with Crippen molar-refractivity contribution >= 4 is 17.8 Å². The number of carbonyl (C=O) groups excluding carboxylic acids is 3. The van der Waals surface area contributed by atoms with E-state index in [0.29, 0.717) is 11.3 Å². The molecule has 7 heteroatoms. The van der Waals surface area contributed by atoms with E-state index in [-0.39, 0.29) is 18.2 Å². The van der Waals surface area contributed by atoms with Crippen molar-refractivity contribution in [2.45, 2.75) is 26.9 Å². The molecule has 126 valence electrons. The Labute approximate surface area is 135 Å². The normalized spacial score (nSPS) is 11.3. The first-order chi connectivity index (χ1) is 10.7. The summed E-state index contributed by atoms with van der Waals surface area (Å²) in [4.78, 5) is 35.2. The Bertz CT molecular complexity index is 598. The molecule has 0 aliphatic carbocycles. The lowest BCUT2D eigenvalue weighted by molar-refractivity contribution is -0.149. The first kappa shape index (κ1) is 18.5. The van der Waals surface area contributed by atoms with Crippen LogP contribution in [-0.2, 0) is 19.1 Å². The van der Waals surface area contributed by atoms with Gasteiger partial charge >= 0.3 is 11.9 Å². The van der Waals surface area contributed by atoms with Gasteiger partial charge in [0.05, 0.1) is 13.7 Å². The highest BCUT2D eigenvalue weighted by molar-refractivity contribution is 5.73. The number of likely N-dealkylation sites (N-methyl/N-ethyl adjacent to an activating group) is 1. The highest BCUT2D eigenvalue weighted by Gasteiger charge is 2.20. The summed E-state index contributed by atoms with van der Waals surface area (Å²) in [5.74, 6) is -0.477. The number of carbonyl (C=O) groups is 3. The minimum Gasteiger partial charge on any atom is -0.493 e. The monoisotopic (exact) mass is 323 g/mol. The maximum absolute atomic E-state index is 11.4. The van der Waals surface area contributed by atoms with Gasteiger partial charge in [0.1, 0.15) is 6.10 Å². The van der Waals surface area contributed by atoms with E-state index in [1.807, 2.05) is 0 Å². The zero-order valence-electron chi connectivity index (χ0n) is 13.9. The van der Waals surface area contributed by atoms with E-state index in [1.54, 1.807) is 25.2 Å². The molecule has 0 bridgehead atoms. The highest BCUT2D eigenvalue weighted by Crippen LogP contribution is 2.32. The lowest BCUT2D eigenvalue weighted by Crippen LogP contribution is -2.30. The molecule has 1 aromatic carbocycles. The zero-order chi connectivity index (χ0) is 17.6. The van der Waals surface area contributed by atoms with Crippen LogP contribution < -0.4 is 9.47 Å². The molecule has 0 aliphatic rings. The molecule has 1 amide bonds. The Morgan fingerprint density at radius 2 is 1.74 bits per heavy atom. The van der Waals surface area contributed by atoms with Crippen LogP contribution in [0, 0.1) is 0 Å². The van der Waals surface area contributed by atoms with Gasteiger partial charge in [0.15, 0.2) is 11.5 Å². The van der Waals surface area contributed by atoms with Crippen molar-refractivity contribution in [3.63, 3.8) is 0 Å². The van der Waals surface area contributed by atoms with Crippen molar-refractivity contribution in [3.8, 4) is 11.5 Å². The van der Waals surface area contributed by atoms with Crippen LogP contribution in [0.15, 0.2) is 18.2 Å². The van der Waals surface area contributed by atoms with Crippen molar-refractivity contribution in [2.24, 2.45) is 0 Å². The second-order valence-electron chi connectivity index (χ2n) is 5.00. The fourth-order valence-electron chi connectivity index (χ4n) is 1.91. The summed E-state index contributed by atoms with van der Waals surface area (Å²) in [7, 11) is 3.05. The fourth-order valence-corrected chi connectivity index (χ4v) is 1.91. The fraction of sp³-hybridized carbons (Fsp3) is 0.438. The summed E-state index contributed by atoms with van der Waals surface area (Å²) in [6, 6.07) is 4.82. The van der Waals surface area contributed by atoms with E-state index in [4.69, 9.17) is 14.2 Å². The van der Waals surface area contributed by atoms with Gasteiger partial charge in [-0.25, -0.2) is 0 Å². The Morgan fingerprint density at radius 1 is 1.09 bits per heavy atom. The molecule has 1 aromatic rings. The molecule has 0 radical (unpaired) electrons. The molecule has 1 rings (SSSR count). The lowest BCUT2D eigenvalue weighted by Gasteiger charge is -2.24. The average molecular weight is 323 g/mol. The van der Waals surface area contributed by atoms with Gasteiger partial charge in [-0.1, -0.05) is 6.07 Å². The van der Waals surface area contributed by atoms with Gasteiger partial charge in [-0.3, -0.25) is 14.4 Å². The van der Waals surface area contributed by atoms with Gasteiger partial charge in [-0.05, 0) is 17.7 Å². The van der Waals surface area contributed by atoms with Crippen molar-refractivity contribution in [1.29, 1.82) is 0 Å². The summed E-state index contributed by atoms with van der Waals surface area (Å²) >= 11 is 0. The van der Waals surface area contributed by atoms with E-state index in [0.717, 1.165) is 0 Å². The first-order valence-electron chi connectivity index (χ1n) is 6.99. The number of esters is 2. The van der Waals surface area contributed by atoms with Gasteiger partial charge in [-0.2, -0.15) is 0 Å². The Hall–Kier alpha value is -2.57. The van der Waals surface area contributed by atoms with Crippen molar-refractivity contribution in [3.05, 3.63) is 23.8 Å². The van der Waals surface area contributed by atoms with E-state index >= 15 is 0 Å². The van der Waals surface area contributed by atoms with Crippen LogP contribution in [0.5, 0.6) is 11.5 Å². The van der Waals surface area contributed by atoms with Crippen LogP contribution in [0.4, 0.5) is 0 Å². The molecule has 0 spiro atoms. The van der Waals surface area contributed by atoms with Crippen LogP contribution in [0.1, 0.15) is 32.4 Å². The van der Waals surface area contributed by atoms with Gasteiger partial charge in [-0.15, -0.1) is 0 Å². The van der Waals surface area contributed by atoms with Crippen molar-refractivity contribution in [2.75, 3.05) is 20.7 Å². The Balaban J connectivity index is 3.12. The predicted octanol–water partition coefficient (Wildman–Crippen LogP) is 1.70. The topological polar surface area (TPSA) is 82.1 Å². The number of amides is 1. The third-order valence-corrected chi connectivity index (χ3v) is 3.10. The van der Waals surface area contributed by atoms with Gasteiger partial charge in [0.2, 0.25) is 5.91 Å². The quantitative estimate of drug-likeness (QED) is 0.585. The third kappa shape index (κ3) is 5.61. The van der Waals surface area contributed by atoms with Crippen molar-refractivity contribution < 1.29 is 28.6 Å². The number of ether oxygens (including phenoxy) is 3. The molecule has 23 heavy (non-hydrogen) atoms. The number of nitrogens with zero attached hydrogens (tertiary/aromatic N) is 1. The molecule has 0 fully saturated rings. The molecule has 0 saturated heterocycles. The minimum atomic E-state index is -0.651. The highest BCUT2D eigenvalue weighted by atomic mass is 16.6. The second kappa shape index (κ2) is 8.17. The van der Waals surface area contributed by atoms with Crippen LogP contribution in [0.3, 0.4) is 0 Å². The number of benzene rings is 1. The zero-order valence-corrected chi connectivity index (χ0v) is 13.9. The Kier molecular flexibility index (Phi) is 6.56. The standard InChI is InChI=1S/C16H21NO6/c1-10(18)17(4)9-16(23-12(3)20)13-6-7-14(22-11(2)19)15(8-13)21-5/h6-8,16H,9H2,1-5H3. The Morgan fingerprint density at radius 3 is 2.22 bits per heavy atom. The van der Waals surface area contributed by atoms with Gasteiger partial charge in [0, 0.05) is 27.8 Å². The molecule has 1 unspecified atom stereocenters. The van der Waals surface area contributed by atoms with Crippen LogP contribution >= 0.6 is 0 Å². The summed E-state index contributed by atoms with van der Waals surface area (Å²) < 4.78 is 15.5. The lowest BCUT2D eigenvalue weighted by atomic mass is 10.1.